The van der Waals surface area contributed by atoms with Gasteiger partial charge in [0.1, 0.15) is 5.82 Å². The lowest BCUT2D eigenvalue weighted by atomic mass is 10.1. The maximum Gasteiger partial charge on any atom is 0.125 e. The van der Waals surface area contributed by atoms with Gasteiger partial charge < -0.3 is 10.0 Å². The molecule has 2 nitrogen and oxygen atoms in total. The van der Waals surface area contributed by atoms with Crippen molar-refractivity contribution < 1.29 is 9.50 Å². The van der Waals surface area contributed by atoms with E-state index >= 15 is 0 Å². The van der Waals surface area contributed by atoms with Crippen molar-refractivity contribution in [3.63, 3.8) is 0 Å². The van der Waals surface area contributed by atoms with Crippen LogP contribution < -0.4 is 4.90 Å². The van der Waals surface area contributed by atoms with Crippen LogP contribution in [0.1, 0.15) is 25.0 Å². The summed E-state index contributed by atoms with van der Waals surface area (Å²) in [4.78, 5) is 2.06. The highest BCUT2D eigenvalue weighted by atomic mass is 19.1. The fraction of sp³-hybridized carbons (Fsp3) is 0.294. The molecule has 0 amide bonds. The molecule has 0 aliphatic rings. The van der Waals surface area contributed by atoms with Crippen molar-refractivity contribution in [3.8, 4) is 0 Å². The second-order valence-electron chi connectivity index (χ2n) is 4.77. The van der Waals surface area contributed by atoms with Gasteiger partial charge in [0.05, 0.1) is 6.10 Å². The van der Waals surface area contributed by atoms with Gasteiger partial charge in [0.15, 0.2) is 0 Å². The van der Waals surface area contributed by atoms with Crippen LogP contribution in [-0.4, -0.2) is 18.2 Å². The minimum Gasteiger partial charge on any atom is -0.388 e. The van der Waals surface area contributed by atoms with Crippen molar-refractivity contribution >= 4 is 5.69 Å². The minimum absolute atomic E-state index is 0.232. The molecular weight excluding hydrogens is 253 g/mol. The molecule has 3 heteroatoms. The Morgan fingerprint density at radius 1 is 1.10 bits per heavy atom. The second-order valence-corrected chi connectivity index (χ2v) is 4.77. The molecule has 0 saturated carbocycles. The van der Waals surface area contributed by atoms with E-state index in [4.69, 9.17) is 0 Å². The molecule has 106 valence electrons. The number of hydrogen-bond acceptors (Lipinski definition) is 2. The number of halogens is 1. The fourth-order valence-corrected chi connectivity index (χ4v) is 2.26. The third-order valence-corrected chi connectivity index (χ3v) is 3.41. The highest BCUT2D eigenvalue weighted by Gasteiger charge is 2.10. The Morgan fingerprint density at radius 2 is 1.85 bits per heavy atom. The molecule has 0 aliphatic heterocycles. The molecule has 0 spiro atoms. The Labute approximate surface area is 119 Å². The summed E-state index contributed by atoms with van der Waals surface area (Å²) in [5.74, 6) is -0.232. The number of nitrogens with zero attached hydrogens (tertiary/aromatic N) is 1. The molecule has 0 fully saturated rings. The van der Waals surface area contributed by atoms with E-state index < -0.39 is 6.10 Å². The summed E-state index contributed by atoms with van der Waals surface area (Å²) >= 11 is 0. The van der Waals surface area contributed by atoms with Gasteiger partial charge in [-0.1, -0.05) is 36.4 Å². The van der Waals surface area contributed by atoms with E-state index in [9.17, 15) is 9.50 Å². The van der Waals surface area contributed by atoms with Crippen LogP contribution in [0.4, 0.5) is 10.1 Å². The number of aliphatic hydroxyl groups is 1. The molecule has 1 atom stereocenters. The number of aliphatic hydroxyl groups excluding tert-OH is 1. The van der Waals surface area contributed by atoms with Crippen LogP contribution in [0, 0.1) is 5.82 Å². The summed E-state index contributed by atoms with van der Waals surface area (Å²) in [6.07, 6.45) is 0.132. The lowest BCUT2D eigenvalue weighted by Crippen LogP contribution is -2.25. The molecular formula is C17H20FNO. The van der Waals surface area contributed by atoms with Gasteiger partial charge >= 0.3 is 0 Å². The first-order chi connectivity index (χ1) is 9.70. The van der Waals surface area contributed by atoms with Gasteiger partial charge in [-0.25, -0.2) is 4.39 Å². The molecule has 2 aromatic rings. The molecule has 20 heavy (non-hydrogen) atoms. The van der Waals surface area contributed by atoms with E-state index in [0.717, 1.165) is 17.8 Å². The molecule has 0 aromatic heterocycles. The van der Waals surface area contributed by atoms with Gasteiger partial charge in [0.2, 0.25) is 0 Å². The van der Waals surface area contributed by atoms with Crippen molar-refractivity contribution in [1.29, 1.82) is 0 Å². The number of rotatable bonds is 6. The Kier molecular flexibility index (Phi) is 5.13. The van der Waals surface area contributed by atoms with Crippen LogP contribution in [-0.2, 0) is 0 Å². The van der Waals surface area contributed by atoms with E-state index in [1.54, 1.807) is 6.07 Å². The van der Waals surface area contributed by atoms with Gasteiger partial charge in [-0.05, 0) is 37.1 Å². The van der Waals surface area contributed by atoms with E-state index in [1.807, 2.05) is 43.3 Å². The normalized spacial score (nSPS) is 12.2. The largest absolute Gasteiger partial charge is 0.388 e. The van der Waals surface area contributed by atoms with Gasteiger partial charge in [-0.15, -0.1) is 0 Å². The summed E-state index contributed by atoms with van der Waals surface area (Å²) in [6, 6.07) is 16.2. The van der Waals surface area contributed by atoms with Crippen molar-refractivity contribution in [2.45, 2.75) is 19.4 Å². The molecule has 2 aromatic carbocycles. The standard InChI is InChI=1S/C17H20FNO/c1-2-19(16-10-6-9-15(18)13-16)12-11-17(20)14-7-4-3-5-8-14/h3-10,13,17,20H,2,11-12H2,1H3. The van der Waals surface area contributed by atoms with Crippen molar-refractivity contribution in [2.24, 2.45) is 0 Å². The smallest absolute Gasteiger partial charge is 0.125 e. The zero-order valence-corrected chi connectivity index (χ0v) is 11.7. The molecule has 0 saturated heterocycles. The summed E-state index contributed by atoms with van der Waals surface area (Å²) < 4.78 is 13.3. The van der Waals surface area contributed by atoms with Crippen LogP contribution in [0.25, 0.3) is 0 Å². The molecule has 0 radical (unpaired) electrons. The van der Waals surface area contributed by atoms with Crippen molar-refractivity contribution in [2.75, 3.05) is 18.0 Å². The predicted molar refractivity (Wildman–Crippen MR) is 80.3 cm³/mol. The predicted octanol–water partition coefficient (Wildman–Crippen LogP) is 3.78. The average Bonchev–Trinajstić information content (AvgIpc) is 2.48. The average molecular weight is 273 g/mol. The van der Waals surface area contributed by atoms with Gasteiger partial charge in [0.25, 0.3) is 0 Å². The van der Waals surface area contributed by atoms with Gasteiger partial charge in [-0.2, -0.15) is 0 Å². The number of hydrogen-bond donors (Lipinski definition) is 1. The zero-order valence-electron chi connectivity index (χ0n) is 11.7. The lowest BCUT2D eigenvalue weighted by molar-refractivity contribution is 0.169. The van der Waals surface area contributed by atoms with Gasteiger partial charge in [-0.3, -0.25) is 0 Å². The molecule has 0 aliphatic carbocycles. The van der Waals surface area contributed by atoms with E-state index in [1.165, 1.54) is 12.1 Å². The third-order valence-electron chi connectivity index (χ3n) is 3.41. The zero-order chi connectivity index (χ0) is 14.4. The molecule has 1 unspecified atom stereocenters. The summed E-state index contributed by atoms with van der Waals surface area (Å²) in [6.45, 7) is 3.50. The topological polar surface area (TPSA) is 23.5 Å². The van der Waals surface area contributed by atoms with Crippen molar-refractivity contribution in [1.82, 2.24) is 0 Å². The highest BCUT2D eigenvalue weighted by Crippen LogP contribution is 2.20. The van der Waals surface area contributed by atoms with E-state index in [-0.39, 0.29) is 5.82 Å². The SMILES string of the molecule is CCN(CCC(O)c1ccccc1)c1cccc(F)c1. The molecule has 2 rings (SSSR count). The van der Waals surface area contributed by atoms with Crippen LogP contribution in [0.3, 0.4) is 0 Å². The first-order valence-electron chi connectivity index (χ1n) is 6.94. The van der Waals surface area contributed by atoms with Crippen molar-refractivity contribution in [3.05, 3.63) is 66.0 Å². The summed E-state index contributed by atoms with van der Waals surface area (Å²) in [5.41, 5.74) is 1.77. The Balaban J connectivity index is 1.97. The van der Waals surface area contributed by atoms with E-state index in [0.29, 0.717) is 13.0 Å². The Bertz CT molecular complexity index is 530. The van der Waals surface area contributed by atoms with Crippen LogP contribution in [0.5, 0.6) is 0 Å². The quantitative estimate of drug-likeness (QED) is 0.866. The summed E-state index contributed by atoms with van der Waals surface area (Å²) in [7, 11) is 0. The number of benzene rings is 2. The molecule has 1 N–H and O–H groups in total. The van der Waals surface area contributed by atoms with Gasteiger partial charge in [0, 0.05) is 18.8 Å². The second kappa shape index (κ2) is 7.06. The highest BCUT2D eigenvalue weighted by molar-refractivity contribution is 5.46. The third kappa shape index (κ3) is 3.81. The molecule has 0 heterocycles. The minimum atomic E-state index is -0.487. The Morgan fingerprint density at radius 3 is 2.50 bits per heavy atom. The first kappa shape index (κ1) is 14.5. The lowest BCUT2D eigenvalue weighted by Gasteiger charge is -2.24. The fourth-order valence-electron chi connectivity index (χ4n) is 2.26. The Hall–Kier alpha value is -1.87. The van der Waals surface area contributed by atoms with Crippen LogP contribution in [0.15, 0.2) is 54.6 Å². The van der Waals surface area contributed by atoms with Crippen LogP contribution >= 0.6 is 0 Å². The van der Waals surface area contributed by atoms with E-state index in [2.05, 4.69) is 4.90 Å². The maximum atomic E-state index is 13.3. The molecule has 0 bridgehead atoms. The maximum absolute atomic E-state index is 13.3. The first-order valence-corrected chi connectivity index (χ1v) is 6.94. The summed E-state index contributed by atoms with van der Waals surface area (Å²) in [5, 5.41) is 10.2. The monoisotopic (exact) mass is 273 g/mol. The number of anilines is 1. The van der Waals surface area contributed by atoms with Crippen LogP contribution in [0.2, 0.25) is 0 Å².